The van der Waals surface area contributed by atoms with Crippen LogP contribution >= 0.6 is 0 Å². The van der Waals surface area contributed by atoms with Crippen molar-refractivity contribution in [3.63, 3.8) is 0 Å². The number of amides is 1. The molecule has 8 heavy (non-hydrogen) atoms. The number of carbonyl (C=O) groups excluding carboxylic acids is 1. The summed E-state index contributed by atoms with van der Waals surface area (Å²) in [6, 6.07) is 0. The van der Waals surface area contributed by atoms with E-state index in [0.29, 0.717) is 0 Å². The molecule has 0 aliphatic carbocycles. The van der Waals surface area contributed by atoms with E-state index in [4.69, 9.17) is 5.73 Å². The molecule has 0 heterocycles. The fourth-order valence-electron chi connectivity index (χ4n) is 0.357. The van der Waals surface area contributed by atoms with Gasteiger partial charge in [0.2, 0.25) is 0 Å². The smallest absolute Gasteiger partial charge is 0.252 e. The van der Waals surface area contributed by atoms with E-state index >= 15 is 0 Å². The summed E-state index contributed by atoms with van der Waals surface area (Å²) in [6.45, 7) is 3.02. The van der Waals surface area contributed by atoms with Gasteiger partial charge in [0.25, 0.3) is 5.91 Å². The summed E-state index contributed by atoms with van der Waals surface area (Å²) in [5, 5.41) is 0. The Bertz CT molecular complexity index is 82.5. The van der Waals surface area contributed by atoms with Gasteiger partial charge in [-0.25, -0.2) is 0 Å². The Morgan fingerprint density at radius 1 is 1.75 bits per heavy atom. The van der Waals surface area contributed by atoms with Crippen LogP contribution in [0.4, 0.5) is 0 Å². The standard InChI is InChI=1S/C5H11N2O/c1-3-7(2)4-5(6)8/h6H,3-4H2,1-2H3. The Balaban J connectivity index is 3.24. The molecule has 1 radical (unpaired) electrons. The quantitative estimate of drug-likeness (QED) is 0.509. The average molecular weight is 115 g/mol. The Kier molecular flexibility index (Phi) is 3.19. The van der Waals surface area contributed by atoms with Gasteiger partial charge in [0.1, 0.15) is 0 Å². The number of hydrogen-bond acceptors (Lipinski definition) is 2. The van der Waals surface area contributed by atoms with Crippen molar-refractivity contribution in [1.82, 2.24) is 10.6 Å². The zero-order chi connectivity index (χ0) is 6.57. The van der Waals surface area contributed by atoms with E-state index in [-0.39, 0.29) is 6.54 Å². The molecule has 0 unspecified atom stereocenters. The van der Waals surface area contributed by atoms with E-state index < -0.39 is 5.91 Å². The minimum absolute atomic E-state index is 0.247. The van der Waals surface area contributed by atoms with E-state index in [2.05, 4.69) is 0 Å². The molecule has 0 aromatic carbocycles. The van der Waals surface area contributed by atoms with E-state index in [0.717, 1.165) is 6.54 Å². The lowest BCUT2D eigenvalue weighted by molar-refractivity contribution is -0.119. The summed E-state index contributed by atoms with van der Waals surface area (Å²) in [6.07, 6.45) is 0. The molecular weight excluding hydrogens is 104 g/mol. The van der Waals surface area contributed by atoms with Gasteiger partial charge in [-0.3, -0.25) is 15.4 Å². The summed E-state index contributed by atoms with van der Waals surface area (Å²) in [4.78, 5) is 11.8. The molecule has 0 aromatic heterocycles. The summed E-state index contributed by atoms with van der Waals surface area (Å²) in [7, 11) is 1.81. The summed E-state index contributed by atoms with van der Waals surface area (Å²) in [5.74, 6) is -0.519. The van der Waals surface area contributed by atoms with E-state index in [1.807, 2.05) is 14.0 Å². The van der Waals surface area contributed by atoms with Crippen LogP contribution in [0, 0.1) is 0 Å². The molecule has 0 aromatic rings. The Morgan fingerprint density at radius 2 is 2.25 bits per heavy atom. The Morgan fingerprint density at radius 3 is 2.38 bits per heavy atom. The lowest BCUT2D eigenvalue weighted by atomic mass is 10.5. The molecule has 0 rings (SSSR count). The van der Waals surface area contributed by atoms with Gasteiger partial charge in [0, 0.05) is 0 Å². The summed E-state index contributed by atoms with van der Waals surface area (Å²) in [5.41, 5.74) is 6.53. The van der Waals surface area contributed by atoms with Gasteiger partial charge < -0.3 is 0 Å². The fraction of sp³-hybridized carbons (Fsp3) is 0.800. The maximum Gasteiger partial charge on any atom is 0.252 e. The zero-order valence-electron chi connectivity index (χ0n) is 5.27. The van der Waals surface area contributed by atoms with Crippen molar-refractivity contribution < 1.29 is 4.79 Å². The second-order valence-electron chi connectivity index (χ2n) is 1.75. The molecule has 0 aliphatic rings. The van der Waals surface area contributed by atoms with Crippen LogP contribution in [0.2, 0.25) is 0 Å². The first-order valence-electron chi connectivity index (χ1n) is 2.59. The highest BCUT2D eigenvalue weighted by molar-refractivity contribution is 5.75. The second-order valence-corrected chi connectivity index (χ2v) is 1.75. The van der Waals surface area contributed by atoms with Crippen molar-refractivity contribution in [1.29, 1.82) is 0 Å². The largest absolute Gasteiger partial charge is 0.298 e. The van der Waals surface area contributed by atoms with E-state index in [1.54, 1.807) is 4.90 Å². The van der Waals surface area contributed by atoms with Crippen LogP contribution in [0.1, 0.15) is 6.92 Å². The normalized spacial score (nSPS) is 9.88. The maximum absolute atomic E-state index is 10.0. The second kappa shape index (κ2) is 3.43. The van der Waals surface area contributed by atoms with Crippen LogP contribution in [-0.4, -0.2) is 30.9 Å². The van der Waals surface area contributed by atoms with Crippen molar-refractivity contribution in [2.24, 2.45) is 0 Å². The molecule has 0 atom stereocenters. The van der Waals surface area contributed by atoms with Gasteiger partial charge in [-0.2, -0.15) is 0 Å². The number of nitrogens with one attached hydrogen (secondary N) is 1. The highest BCUT2D eigenvalue weighted by Crippen LogP contribution is 1.76. The Hall–Kier alpha value is -0.570. The monoisotopic (exact) mass is 115 g/mol. The third-order valence-electron chi connectivity index (χ3n) is 0.953. The number of rotatable bonds is 3. The highest BCUT2D eigenvalue weighted by Gasteiger charge is 1.97. The van der Waals surface area contributed by atoms with E-state index in [1.165, 1.54) is 0 Å². The zero-order valence-corrected chi connectivity index (χ0v) is 5.27. The third-order valence-corrected chi connectivity index (χ3v) is 0.953. The van der Waals surface area contributed by atoms with Gasteiger partial charge in [-0.05, 0) is 13.6 Å². The van der Waals surface area contributed by atoms with Crippen molar-refractivity contribution in [2.45, 2.75) is 6.92 Å². The minimum atomic E-state index is -0.519. The first-order valence-corrected chi connectivity index (χ1v) is 2.59. The first-order chi connectivity index (χ1) is 3.66. The fourth-order valence-corrected chi connectivity index (χ4v) is 0.357. The van der Waals surface area contributed by atoms with Gasteiger partial charge in [0.05, 0.1) is 6.54 Å². The number of hydrogen-bond donors (Lipinski definition) is 0. The van der Waals surface area contributed by atoms with Crippen LogP contribution in [0.15, 0.2) is 0 Å². The predicted octanol–water partition coefficient (Wildman–Crippen LogP) is -0.252. The van der Waals surface area contributed by atoms with Gasteiger partial charge in [0.15, 0.2) is 0 Å². The number of carbonyl (C=O) groups is 1. The van der Waals surface area contributed by atoms with Crippen LogP contribution < -0.4 is 5.73 Å². The number of nitrogens with zero attached hydrogens (tertiary/aromatic N) is 1. The molecule has 3 nitrogen and oxygen atoms in total. The maximum atomic E-state index is 10.0. The van der Waals surface area contributed by atoms with Crippen molar-refractivity contribution in [3.8, 4) is 0 Å². The van der Waals surface area contributed by atoms with Crippen molar-refractivity contribution in [2.75, 3.05) is 20.1 Å². The highest BCUT2D eigenvalue weighted by atomic mass is 16.1. The van der Waals surface area contributed by atoms with Crippen LogP contribution in [0.5, 0.6) is 0 Å². The molecule has 0 aliphatic heterocycles. The molecule has 0 fully saturated rings. The van der Waals surface area contributed by atoms with Crippen molar-refractivity contribution >= 4 is 5.91 Å². The van der Waals surface area contributed by atoms with Crippen molar-refractivity contribution in [3.05, 3.63) is 0 Å². The van der Waals surface area contributed by atoms with Gasteiger partial charge >= 0.3 is 0 Å². The molecule has 0 spiro atoms. The van der Waals surface area contributed by atoms with Crippen LogP contribution in [0.25, 0.3) is 0 Å². The van der Waals surface area contributed by atoms with Gasteiger partial charge in [-0.15, -0.1) is 0 Å². The summed E-state index contributed by atoms with van der Waals surface area (Å²) >= 11 is 0. The first kappa shape index (κ1) is 7.43. The molecule has 47 valence electrons. The molecule has 3 heteroatoms. The molecule has 1 N–H and O–H groups in total. The van der Waals surface area contributed by atoms with E-state index in [9.17, 15) is 4.79 Å². The predicted molar refractivity (Wildman–Crippen MR) is 31.3 cm³/mol. The lowest BCUT2D eigenvalue weighted by Gasteiger charge is -2.08. The number of likely N-dealkylation sites (N-methyl/N-ethyl adjacent to an activating group) is 1. The SMILES string of the molecule is CCN(C)CC([NH])=O. The topological polar surface area (TPSA) is 44.1 Å². The van der Waals surface area contributed by atoms with Crippen LogP contribution in [-0.2, 0) is 4.79 Å². The Labute approximate surface area is 49.5 Å². The molecule has 0 bridgehead atoms. The molecule has 1 amide bonds. The lowest BCUT2D eigenvalue weighted by Crippen LogP contribution is -2.25. The van der Waals surface area contributed by atoms with Crippen LogP contribution in [0.3, 0.4) is 0 Å². The molecule has 0 saturated heterocycles. The minimum Gasteiger partial charge on any atom is -0.298 e. The molecule has 0 saturated carbocycles. The molecular formula is C5H11N2O. The third kappa shape index (κ3) is 3.61. The van der Waals surface area contributed by atoms with Gasteiger partial charge in [-0.1, -0.05) is 6.92 Å². The average Bonchev–Trinajstić information content (AvgIpc) is 1.65. The summed E-state index contributed by atoms with van der Waals surface area (Å²) < 4.78 is 0.